The number of aromatic nitrogens is 1. The molecule has 0 aliphatic carbocycles. The van der Waals surface area contributed by atoms with Gasteiger partial charge in [-0.15, -0.1) is 0 Å². The van der Waals surface area contributed by atoms with E-state index in [2.05, 4.69) is 20.9 Å². The first-order valence-corrected chi connectivity index (χ1v) is 5.73. The lowest BCUT2D eigenvalue weighted by atomic mass is 10.2. The molecular weight excluding hydrogens is 228 g/mol. The first-order valence-electron chi connectivity index (χ1n) is 5.73. The number of benzene rings is 1. The van der Waals surface area contributed by atoms with E-state index in [4.69, 9.17) is 0 Å². The van der Waals surface area contributed by atoms with Gasteiger partial charge in [-0.3, -0.25) is 0 Å². The lowest BCUT2D eigenvalue weighted by Gasteiger charge is -2.07. The van der Waals surface area contributed by atoms with Crippen LogP contribution in [0.25, 0.3) is 0 Å². The average molecular weight is 244 g/mol. The van der Waals surface area contributed by atoms with Crippen molar-refractivity contribution in [3.05, 3.63) is 48.3 Å². The first-order chi connectivity index (χ1) is 8.78. The second-order valence-corrected chi connectivity index (χ2v) is 3.83. The number of anilines is 2. The molecule has 5 heteroatoms. The average Bonchev–Trinajstić information content (AvgIpc) is 2.91. The van der Waals surface area contributed by atoms with Gasteiger partial charge in [0.25, 0.3) is 0 Å². The van der Waals surface area contributed by atoms with Gasteiger partial charge in [-0.1, -0.05) is 0 Å². The fourth-order valence-electron chi connectivity index (χ4n) is 1.54. The van der Waals surface area contributed by atoms with E-state index in [0.717, 1.165) is 23.6 Å². The molecule has 18 heavy (non-hydrogen) atoms. The quantitative estimate of drug-likeness (QED) is 0.667. The number of carbonyl (C=O) groups is 1. The molecule has 4 N–H and O–H groups in total. The molecule has 0 spiro atoms. The van der Waals surface area contributed by atoms with Gasteiger partial charge in [-0.05, 0) is 36.4 Å². The van der Waals surface area contributed by atoms with E-state index < -0.39 is 0 Å². The molecule has 1 aromatic carbocycles. The Balaban J connectivity index is 1.89. The number of urea groups is 1. The van der Waals surface area contributed by atoms with Crippen molar-refractivity contribution in [2.75, 3.05) is 17.7 Å². The number of hydrogen-bond acceptors (Lipinski definition) is 2. The van der Waals surface area contributed by atoms with E-state index in [1.165, 1.54) is 0 Å². The van der Waals surface area contributed by atoms with Crippen molar-refractivity contribution in [2.24, 2.45) is 0 Å². The Morgan fingerprint density at radius 2 is 1.89 bits per heavy atom. The minimum absolute atomic E-state index is 0.220. The van der Waals surface area contributed by atoms with Gasteiger partial charge in [0, 0.05) is 30.3 Å². The molecule has 1 aromatic heterocycles. The highest BCUT2D eigenvalue weighted by Gasteiger charge is 1.98. The monoisotopic (exact) mass is 244 g/mol. The standard InChI is InChI=1S/C13H16N4O/c1-14-13(18)17-11-6-4-10(5-7-11)16-9-12-3-2-8-15-12/h2-8,15-16H,9H2,1H3,(H2,14,17,18). The van der Waals surface area contributed by atoms with Crippen LogP contribution in [-0.4, -0.2) is 18.1 Å². The molecule has 0 aliphatic rings. The summed E-state index contributed by atoms with van der Waals surface area (Å²) < 4.78 is 0. The molecule has 0 aliphatic heterocycles. The first kappa shape index (κ1) is 12.0. The fourth-order valence-corrected chi connectivity index (χ4v) is 1.54. The summed E-state index contributed by atoms with van der Waals surface area (Å²) in [5.74, 6) is 0. The zero-order chi connectivity index (χ0) is 12.8. The van der Waals surface area contributed by atoms with E-state index in [9.17, 15) is 4.79 Å². The predicted molar refractivity (Wildman–Crippen MR) is 72.6 cm³/mol. The molecule has 0 saturated carbocycles. The van der Waals surface area contributed by atoms with Crippen LogP contribution in [0.4, 0.5) is 16.2 Å². The Kier molecular flexibility index (Phi) is 3.86. The van der Waals surface area contributed by atoms with Crippen molar-refractivity contribution in [1.29, 1.82) is 0 Å². The van der Waals surface area contributed by atoms with Crippen LogP contribution in [0.3, 0.4) is 0 Å². The van der Waals surface area contributed by atoms with E-state index in [0.29, 0.717) is 0 Å². The zero-order valence-corrected chi connectivity index (χ0v) is 10.2. The summed E-state index contributed by atoms with van der Waals surface area (Å²) in [5.41, 5.74) is 2.90. The molecule has 0 fully saturated rings. The second kappa shape index (κ2) is 5.77. The molecule has 0 atom stereocenters. The van der Waals surface area contributed by atoms with Gasteiger partial charge < -0.3 is 20.9 Å². The lowest BCUT2D eigenvalue weighted by Crippen LogP contribution is -2.24. The van der Waals surface area contributed by atoms with E-state index >= 15 is 0 Å². The van der Waals surface area contributed by atoms with Crippen LogP contribution in [0.15, 0.2) is 42.6 Å². The van der Waals surface area contributed by atoms with Gasteiger partial charge in [0.2, 0.25) is 0 Å². The van der Waals surface area contributed by atoms with Gasteiger partial charge in [0.1, 0.15) is 0 Å². The Hall–Kier alpha value is -2.43. The van der Waals surface area contributed by atoms with Crippen LogP contribution < -0.4 is 16.0 Å². The SMILES string of the molecule is CNC(=O)Nc1ccc(NCc2ccc[nH]2)cc1. The summed E-state index contributed by atoms with van der Waals surface area (Å²) in [6, 6.07) is 11.3. The van der Waals surface area contributed by atoms with Gasteiger partial charge in [-0.2, -0.15) is 0 Å². The summed E-state index contributed by atoms with van der Waals surface area (Å²) in [6.07, 6.45) is 1.90. The van der Waals surface area contributed by atoms with E-state index in [-0.39, 0.29) is 6.03 Å². The van der Waals surface area contributed by atoms with Crippen LogP contribution in [0.5, 0.6) is 0 Å². The molecule has 0 saturated heterocycles. The lowest BCUT2D eigenvalue weighted by molar-refractivity contribution is 0.254. The van der Waals surface area contributed by atoms with Crippen molar-refractivity contribution < 1.29 is 4.79 Å². The molecular formula is C13H16N4O. The summed E-state index contributed by atoms with van der Waals surface area (Å²) in [4.78, 5) is 14.2. The number of rotatable bonds is 4. The molecule has 0 radical (unpaired) electrons. The minimum atomic E-state index is -0.220. The number of aromatic amines is 1. The van der Waals surface area contributed by atoms with Crippen LogP contribution in [0.1, 0.15) is 5.69 Å². The van der Waals surface area contributed by atoms with Crippen molar-refractivity contribution in [3.8, 4) is 0 Å². The van der Waals surface area contributed by atoms with Crippen molar-refractivity contribution in [2.45, 2.75) is 6.54 Å². The third kappa shape index (κ3) is 3.28. The molecule has 0 unspecified atom stereocenters. The number of hydrogen-bond donors (Lipinski definition) is 4. The normalized spacial score (nSPS) is 9.83. The van der Waals surface area contributed by atoms with Crippen LogP contribution in [0, 0.1) is 0 Å². The molecule has 0 bridgehead atoms. The highest BCUT2D eigenvalue weighted by atomic mass is 16.2. The maximum absolute atomic E-state index is 11.1. The highest BCUT2D eigenvalue weighted by Crippen LogP contribution is 2.14. The van der Waals surface area contributed by atoms with Gasteiger partial charge >= 0.3 is 6.03 Å². The molecule has 1 heterocycles. The van der Waals surface area contributed by atoms with E-state index in [1.807, 2.05) is 42.6 Å². The summed E-state index contributed by atoms with van der Waals surface area (Å²) in [5, 5.41) is 8.49. The summed E-state index contributed by atoms with van der Waals surface area (Å²) in [6.45, 7) is 0.745. The van der Waals surface area contributed by atoms with Gasteiger partial charge in [0.15, 0.2) is 0 Å². The third-order valence-electron chi connectivity index (χ3n) is 2.52. The van der Waals surface area contributed by atoms with Gasteiger partial charge in [-0.25, -0.2) is 4.79 Å². The summed E-state index contributed by atoms with van der Waals surface area (Å²) >= 11 is 0. The van der Waals surface area contributed by atoms with Gasteiger partial charge in [0.05, 0.1) is 6.54 Å². The molecule has 2 rings (SSSR count). The minimum Gasteiger partial charge on any atom is -0.379 e. The van der Waals surface area contributed by atoms with Crippen LogP contribution in [-0.2, 0) is 6.54 Å². The van der Waals surface area contributed by atoms with E-state index in [1.54, 1.807) is 7.05 Å². The smallest absolute Gasteiger partial charge is 0.318 e. The number of nitrogens with one attached hydrogen (secondary N) is 4. The molecule has 5 nitrogen and oxygen atoms in total. The van der Waals surface area contributed by atoms with Crippen molar-refractivity contribution in [3.63, 3.8) is 0 Å². The predicted octanol–water partition coefficient (Wildman–Crippen LogP) is 2.38. The molecule has 94 valence electrons. The second-order valence-electron chi connectivity index (χ2n) is 3.83. The Labute approximate surface area is 106 Å². The fraction of sp³-hybridized carbons (Fsp3) is 0.154. The number of carbonyl (C=O) groups excluding carboxylic acids is 1. The van der Waals surface area contributed by atoms with Crippen LogP contribution >= 0.6 is 0 Å². The Morgan fingerprint density at radius 3 is 2.50 bits per heavy atom. The molecule has 2 amide bonds. The third-order valence-corrected chi connectivity index (χ3v) is 2.52. The highest BCUT2D eigenvalue weighted by molar-refractivity contribution is 5.89. The van der Waals surface area contributed by atoms with Crippen molar-refractivity contribution >= 4 is 17.4 Å². The Morgan fingerprint density at radius 1 is 1.17 bits per heavy atom. The van der Waals surface area contributed by atoms with Crippen molar-refractivity contribution in [1.82, 2.24) is 10.3 Å². The maximum atomic E-state index is 11.1. The number of amides is 2. The largest absolute Gasteiger partial charge is 0.379 e. The Bertz CT molecular complexity index is 490. The maximum Gasteiger partial charge on any atom is 0.318 e. The number of H-pyrrole nitrogens is 1. The molecule has 2 aromatic rings. The van der Waals surface area contributed by atoms with Crippen LogP contribution in [0.2, 0.25) is 0 Å². The topological polar surface area (TPSA) is 69.0 Å². The zero-order valence-electron chi connectivity index (χ0n) is 10.2. The summed E-state index contributed by atoms with van der Waals surface area (Å²) in [7, 11) is 1.58.